The molecule has 2 heterocycles. The summed E-state index contributed by atoms with van der Waals surface area (Å²) in [5.41, 5.74) is 0. The minimum absolute atomic E-state index is 0.151. The minimum atomic E-state index is -1.76. The van der Waals surface area contributed by atoms with Gasteiger partial charge in [-0.1, -0.05) is 44.8 Å². The Morgan fingerprint density at radius 2 is 1.31 bits per heavy atom. The molecule has 2 saturated heterocycles. The van der Waals surface area contributed by atoms with E-state index < -0.39 is 99.3 Å². The van der Waals surface area contributed by atoms with Crippen molar-refractivity contribution in [1.29, 1.82) is 0 Å². The molecule has 2 aliphatic heterocycles. The SMILES string of the molecule is CCC/C=C\CCCCCCCC(=O)OC(COC(C)=O)COC1OC(COC2OC(CO)C(O)C(O)C2O)C(O)C(O)C1O. The van der Waals surface area contributed by atoms with Gasteiger partial charge in [-0.05, 0) is 25.7 Å². The Labute approximate surface area is 263 Å². The smallest absolute Gasteiger partial charge is 0.306 e. The van der Waals surface area contributed by atoms with Crippen LogP contribution in [0.1, 0.15) is 71.6 Å². The number of allylic oxidation sites excluding steroid dienone is 2. The van der Waals surface area contributed by atoms with E-state index in [-0.39, 0.29) is 13.0 Å². The standard InChI is InChI=1S/C30H52O15/c1-3-4-5-6-7-8-9-10-11-12-13-22(33)43-19(15-40-18(2)32)16-41-29-28(39)26(37)24(35)21(45-29)17-42-30-27(38)25(36)23(34)20(14-31)44-30/h5-6,19-21,23-31,34-39H,3-4,7-17H2,1-2H3/b6-5-. The summed E-state index contributed by atoms with van der Waals surface area (Å²) in [5.74, 6) is -1.14. The lowest BCUT2D eigenvalue weighted by Crippen LogP contribution is -2.61. The normalized spacial score (nSPS) is 32.8. The van der Waals surface area contributed by atoms with Gasteiger partial charge in [-0.2, -0.15) is 0 Å². The van der Waals surface area contributed by atoms with Gasteiger partial charge in [0.1, 0.15) is 55.4 Å². The van der Waals surface area contributed by atoms with E-state index in [0.29, 0.717) is 6.42 Å². The molecular weight excluding hydrogens is 600 g/mol. The van der Waals surface area contributed by atoms with Gasteiger partial charge in [0.2, 0.25) is 0 Å². The molecule has 15 nitrogen and oxygen atoms in total. The third-order valence-electron chi connectivity index (χ3n) is 7.53. The van der Waals surface area contributed by atoms with Crippen molar-refractivity contribution in [3.05, 3.63) is 12.2 Å². The van der Waals surface area contributed by atoms with Crippen molar-refractivity contribution in [1.82, 2.24) is 0 Å². The van der Waals surface area contributed by atoms with Crippen molar-refractivity contribution in [2.75, 3.05) is 26.4 Å². The van der Waals surface area contributed by atoms with Crippen LogP contribution in [0.25, 0.3) is 0 Å². The molecule has 2 rings (SSSR count). The Balaban J connectivity index is 1.85. The highest BCUT2D eigenvalue weighted by molar-refractivity contribution is 5.69. The number of hydrogen-bond acceptors (Lipinski definition) is 15. The zero-order chi connectivity index (χ0) is 33.4. The van der Waals surface area contributed by atoms with Gasteiger partial charge in [-0.3, -0.25) is 9.59 Å². The van der Waals surface area contributed by atoms with Crippen LogP contribution in [-0.2, 0) is 38.0 Å². The molecule has 11 unspecified atom stereocenters. The Morgan fingerprint density at radius 3 is 1.96 bits per heavy atom. The summed E-state index contributed by atoms with van der Waals surface area (Å²) < 4.78 is 32.2. The van der Waals surface area contributed by atoms with Crippen molar-refractivity contribution in [3.8, 4) is 0 Å². The number of hydrogen-bond donors (Lipinski definition) is 7. The zero-order valence-electron chi connectivity index (χ0n) is 26.1. The fraction of sp³-hybridized carbons (Fsp3) is 0.867. The lowest BCUT2D eigenvalue weighted by molar-refractivity contribution is -0.332. The third kappa shape index (κ3) is 13.5. The highest BCUT2D eigenvalue weighted by Gasteiger charge is 2.47. The molecule has 2 fully saturated rings. The van der Waals surface area contributed by atoms with E-state index in [4.69, 9.17) is 28.4 Å². The van der Waals surface area contributed by atoms with Crippen LogP contribution in [0, 0.1) is 0 Å². The van der Waals surface area contributed by atoms with Gasteiger partial charge >= 0.3 is 11.9 Å². The number of aliphatic hydroxyl groups excluding tert-OH is 7. The van der Waals surface area contributed by atoms with Gasteiger partial charge in [0, 0.05) is 13.3 Å². The van der Waals surface area contributed by atoms with Crippen molar-refractivity contribution < 1.29 is 73.8 Å². The molecule has 2 aliphatic rings. The predicted octanol–water partition coefficient (Wildman–Crippen LogP) is -0.811. The molecule has 0 bridgehead atoms. The maximum Gasteiger partial charge on any atom is 0.306 e. The van der Waals surface area contributed by atoms with Crippen molar-refractivity contribution in [2.24, 2.45) is 0 Å². The molecule has 0 aromatic rings. The topological polar surface area (TPSA) is 231 Å². The van der Waals surface area contributed by atoms with Crippen molar-refractivity contribution in [3.63, 3.8) is 0 Å². The molecule has 0 aromatic carbocycles. The van der Waals surface area contributed by atoms with E-state index in [1.54, 1.807) is 0 Å². The second-order valence-electron chi connectivity index (χ2n) is 11.4. The molecular formula is C30H52O15. The van der Waals surface area contributed by atoms with Crippen LogP contribution >= 0.6 is 0 Å². The number of carbonyl (C=O) groups excluding carboxylic acids is 2. The fourth-order valence-electron chi connectivity index (χ4n) is 4.82. The van der Waals surface area contributed by atoms with Crippen LogP contribution in [0.5, 0.6) is 0 Å². The lowest BCUT2D eigenvalue weighted by Gasteiger charge is -2.42. The van der Waals surface area contributed by atoms with Gasteiger partial charge < -0.3 is 64.2 Å². The molecule has 262 valence electrons. The average Bonchev–Trinajstić information content (AvgIpc) is 3.01. The molecule has 11 atom stereocenters. The highest BCUT2D eigenvalue weighted by Crippen LogP contribution is 2.26. The maximum absolute atomic E-state index is 12.5. The van der Waals surface area contributed by atoms with E-state index in [9.17, 15) is 45.3 Å². The molecule has 0 amide bonds. The van der Waals surface area contributed by atoms with Crippen LogP contribution in [-0.4, -0.2) is 142 Å². The number of esters is 2. The van der Waals surface area contributed by atoms with Gasteiger partial charge in [0.05, 0.1) is 19.8 Å². The highest BCUT2D eigenvalue weighted by atomic mass is 16.7. The molecule has 0 saturated carbocycles. The van der Waals surface area contributed by atoms with Crippen molar-refractivity contribution in [2.45, 2.75) is 139 Å². The Kier molecular flexibility index (Phi) is 18.6. The summed E-state index contributed by atoms with van der Waals surface area (Å²) >= 11 is 0. The number of rotatable bonds is 20. The fourth-order valence-corrected chi connectivity index (χ4v) is 4.82. The second kappa shape index (κ2) is 21.2. The average molecular weight is 653 g/mol. The molecule has 0 radical (unpaired) electrons. The predicted molar refractivity (Wildman–Crippen MR) is 155 cm³/mol. The van der Waals surface area contributed by atoms with Gasteiger partial charge in [0.25, 0.3) is 0 Å². The van der Waals surface area contributed by atoms with E-state index in [1.165, 1.54) is 6.92 Å². The quantitative estimate of drug-likeness (QED) is 0.0484. The summed E-state index contributed by atoms with van der Waals surface area (Å²) in [6, 6.07) is 0. The lowest BCUT2D eigenvalue weighted by atomic mass is 9.98. The van der Waals surface area contributed by atoms with Gasteiger partial charge in [0.15, 0.2) is 18.7 Å². The molecule has 7 N–H and O–H groups in total. The largest absolute Gasteiger partial charge is 0.462 e. The minimum Gasteiger partial charge on any atom is -0.462 e. The van der Waals surface area contributed by atoms with Crippen LogP contribution < -0.4 is 0 Å². The molecule has 0 aromatic heterocycles. The monoisotopic (exact) mass is 652 g/mol. The van der Waals surface area contributed by atoms with E-state index in [0.717, 1.165) is 44.9 Å². The molecule has 15 heteroatoms. The summed E-state index contributed by atoms with van der Waals surface area (Å²) in [6.45, 7) is 1.39. The molecule has 0 spiro atoms. The first-order chi connectivity index (χ1) is 21.5. The summed E-state index contributed by atoms with van der Waals surface area (Å²) in [4.78, 5) is 23.8. The third-order valence-corrected chi connectivity index (χ3v) is 7.53. The van der Waals surface area contributed by atoms with E-state index in [1.807, 2.05) is 0 Å². The van der Waals surface area contributed by atoms with Crippen LogP contribution in [0.15, 0.2) is 12.2 Å². The summed E-state index contributed by atoms with van der Waals surface area (Å²) in [5, 5.41) is 70.6. The van der Waals surface area contributed by atoms with Gasteiger partial charge in [-0.25, -0.2) is 0 Å². The first-order valence-corrected chi connectivity index (χ1v) is 15.7. The number of ether oxygens (including phenoxy) is 6. The number of aliphatic hydroxyl groups is 7. The van der Waals surface area contributed by atoms with Crippen LogP contribution in [0.4, 0.5) is 0 Å². The van der Waals surface area contributed by atoms with Gasteiger partial charge in [-0.15, -0.1) is 0 Å². The van der Waals surface area contributed by atoms with E-state index in [2.05, 4.69) is 19.1 Å². The molecule has 0 aliphatic carbocycles. The second-order valence-corrected chi connectivity index (χ2v) is 11.4. The van der Waals surface area contributed by atoms with Crippen LogP contribution in [0.3, 0.4) is 0 Å². The number of unbranched alkanes of at least 4 members (excludes halogenated alkanes) is 6. The van der Waals surface area contributed by atoms with E-state index >= 15 is 0 Å². The Bertz CT molecular complexity index is 870. The first-order valence-electron chi connectivity index (χ1n) is 15.7. The summed E-state index contributed by atoms with van der Waals surface area (Å²) in [7, 11) is 0. The molecule has 45 heavy (non-hydrogen) atoms. The number of carbonyl (C=O) groups is 2. The maximum atomic E-state index is 12.5. The van der Waals surface area contributed by atoms with Crippen LogP contribution in [0.2, 0.25) is 0 Å². The van der Waals surface area contributed by atoms with Crippen molar-refractivity contribution >= 4 is 11.9 Å². The summed E-state index contributed by atoms with van der Waals surface area (Å²) in [6.07, 6.45) is -4.40. The Hall–Kier alpha value is -1.76. The Morgan fingerprint density at radius 1 is 0.733 bits per heavy atom. The zero-order valence-corrected chi connectivity index (χ0v) is 26.1. The first kappa shape index (κ1) is 39.4.